The summed E-state index contributed by atoms with van der Waals surface area (Å²) in [5.41, 5.74) is 0. The lowest BCUT2D eigenvalue weighted by Gasteiger charge is -2.23. The Hall–Kier alpha value is -4.35. The molecule has 0 heterocycles. The van der Waals surface area contributed by atoms with Crippen LogP contribution in [0.3, 0.4) is 0 Å². The van der Waals surface area contributed by atoms with Crippen LogP contribution in [0.2, 0.25) is 0 Å². The molecular weight excluding hydrogens is 764 g/mol. The van der Waals surface area contributed by atoms with Gasteiger partial charge >= 0.3 is 29.8 Å². The molecule has 0 spiro atoms. The normalized spacial score (nSPS) is 13.4. The number of carbonyl (C=O) groups excluding carboxylic acids is 4. The predicted molar refractivity (Wildman–Crippen MR) is 201 cm³/mol. The first-order chi connectivity index (χ1) is 27.2. The van der Waals surface area contributed by atoms with Crippen LogP contribution in [0.4, 0.5) is 0 Å². The highest BCUT2D eigenvalue weighted by molar-refractivity contribution is 5.82. The van der Waals surface area contributed by atoms with Crippen LogP contribution in [0, 0.1) is 0 Å². The number of ether oxygens (including phenoxy) is 10. The van der Waals surface area contributed by atoms with Gasteiger partial charge in [0.15, 0.2) is 12.2 Å². The molecule has 0 aromatic rings. The van der Waals surface area contributed by atoms with E-state index in [0.717, 1.165) is 30.4 Å². The fraction of sp³-hybridized carbons (Fsp3) is 0.595. The third-order valence-electron chi connectivity index (χ3n) is 5.93. The number of aliphatic hydroxyl groups is 4. The molecule has 328 valence electrons. The monoisotopic (exact) mass is 824 g/mol. The van der Waals surface area contributed by atoms with Crippen molar-refractivity contribution in [3.05, 3.63) is 63.3 Å². The van der Waals surface area contributed by atoms with Crippen LogP contribution in [0.1, 0.15) is 13.8 Å². The summed E-state index contributed by atoms with van der Waals surface area (Å²) in [7, 11) is 0. The van der Waals surface area contributed by atoms with E-state index < -0.39 is 66.5 Å². The zero-order valence-corrected chi connectivity index (χ0v) is 32.6. The molecule has 0 aliphatic carbocycles. The van der Waals surface area contributed by atoms with E-state index in [1.165, 1.54) is 0 Å². The molecule has 0 fully saturated rings. The number of hydrogen-bond acceptors (Lipinski definition) is 19. The number of aliphatic hydroxyl groups excluding tert-OH is 4. The smallest absolute Gasteiger partial charge is 0.330 e. The van der Waals surface area contributed by atoms with Crippen molar-refractivity contribution >= 4 is 29.8 Å². The lowest BCUT2D eigenvalue weighted by atomic mass is 10.3. The Labute approximate surface area is 332 Å². The second-order valence-corrected chi connectivity index (χ2v) is 10.7. The molecule has 0 aliphatic heterocycles. The van der Waals surface area contributed by atoms with Gasteiger partial charge in [-0.3, -0.25) is 0 Å². The van der Waals surface area contributed by atoms with Crippen molar-refractivity contribution in [1.29, 1.82) is 0 Å². The van der Waals surface area contributed by atoms with E-state index in [1.807, 2.05) is 6.92 Å². The molecule has 0 amide bonds. The van der Waals surface area contributed by atoms with E-state index in [-0.39, 0.29) is 72.7 Å². The molecule has 6 atom stereocenters. The van der Waals surface area contributed by atoms with E-state index in [9.17, 15) is 24.0 Å². The fourth-order valence-electron chi connectivity index (χ4n) is 3.17. The van der Waals surface area contributed by atoms with Gasteiger partial charge in [-0.25, -0.2) is 24.0 Å². The maximum absolute atomic E-state index is 11.5. The Morgan fingerprint density at radius 1 is 0.474 bits per heavy atom. The van der Waals surface area contributed by atoms with Crippen LogP contribution >= 0.6 is 0 Å². The van der Waals surface area contributed by atoms with Crippen molar-refractivity contribution < 1.29 is 96.9 Å². The molecule has 6 unspecified atom stereocenters. The third-order valence-corrected chi connectivity index (χ3v) is 5.93. The molecule has 0 radical (unpaired) electrons. The second kappa shape index (κ2) is 39.9. The first-order valence-corrected chi connectivity index (χ1v) is 17.4. The predicted octanol–water partition coefficient (Wildman–Crippen LogP) is -0.533. The van der Waals surface area contributed by atoms with E-state index in [1.54, 1.807) is 6.92 Å². The first kappa shape index (κ1) is 57.0. The molecule has 5 N–H and O–H groups in total. The van der Waals surface area contributed by atoms with Gasteiger partial charge in [-0.1, -0.05) is 32.9 Å². The first-order valence-electron chi connectivity index (χ1n) is 17.4. The van der Waals surface area contributed by atoms with Crippen molar-refractivity contribution in [2.45, 2.75) is 50.5 Å². The van der Waals surface area contributed by atoms with E-state index in [4.69, 9.17) is 72.9 Å². The van der Waals surface area contributed by atoms with Crippen molar-refractivity contribution in [1.82, 2.24) is 0 Å². The van der Waals surface area contributed by atoms with E-state index in [0.29, 0.717) is 19.8 Å². The summed E-state index contributed by atoms with van der Waals surface area (Å²) in [4.78, 5) is 54.9. The van der Waals surface area contributed by atoms with Crippen LogP contribution in [-0.4, -0.2) is 184 Å². The molecular formula is C37H60O20. The van der Waals surface area contributed by atoms with Gasteiger partial charge in [-0.2, -0.15) is 0 Å². The topological polar surface area (TPSA) is 279 Å². The number of esters is 4. The maximum atomic E-state index is 11.5. The van der Waals surface area contributed by atoms with Gasteiger partial charge in [0.05, 0.1) is 66.1 Å². The quantitative estimate of drug-likeness (QED) is 0.0316. The number of aliphatic carboxylic acids is 1. The van der Waals surface area contributed by atoms with Crippen LogP contribution in [0.5, 0.6) is 0 Å². The van der Waals surface area contributed by atoms with Gasteiger partial charge in [-0.05, 0) is 13.8 Å². The second-order valence-electron chi connectivity index (χ2n) is 10.7. The van der Waals surface area contributed by atoms with Gasteiger partial charge < -0.3 is 72.9 Å². The Balaban J connectivity index is -0.00000105. The van der Waals surface area contributed by atoms with Crippen molar-refractivity contribution in [3.63, 3.8) is 0 Å². The van der Waals surface area contributed by atoms with Crippen LogP contribution in [0.25, 0.3) is 0 Å². The van der Waals surface area contributed by atoms with Crippen LogP contribution in [0.15, 0.2) is 63.3 Å². The van der Waals surface area contributed by atoms with Gasteiger partial charge in [0.2, 0.25) is 0 Å². The molecule has 0 aliphatic rings. The third kappa shape index (κ3) is 38.3. The SMILES string of the molecule is C=CC(=O)O.C=CC(=O)OCC(COCC(COCC)OCC(COC(=O)C=C)OC(=O)C=C)OC(=O)C=C.CCOCC(COCC(O)CO)OCC(O)CO. The Bertz CT molecular complexity index is 1140. The molecule has 0 rings (SSSR count). The highest BCUT2D eigenvalue weighted by atomic mass is 16.6. The minimum Gasteiger partial charge on any atom is -0.478 e. The number of hydrogen-bond donors (Lipinski definition) is 5. The minimum atomic E-state index is -0.981. The highest BCUT2D eigenvalue weighted by Crippen LogP contribution is 2.05. The summed E-state index contributed by atoms with van der Waals surface area (Å²) in [5.74, 6) is -3.79. The van der Waals surface area contributed by atoms with Crippen molar-refractivity contribution in [2.75, 3.05) is 92.5 Å². The summed E-state index contributed by atoms with van der Waals surface area (Å²) < 4.78 is 52.3. The maximum Gasteiger partial charge on any atom is 0.330 e. The Morgan fingerprint density at radius 2 is 0.807 bits per heavy atom. The fourth-order valence-corrected chi connectivity index (χ4v) is 3.17. The lowest BCUT2D eigenvalue weighted by Crippen LogP contribution is -2.35. The zero-order chi connectivity index (χ0) is 43.9. The van der Waals surface area contributed by atoms with Gasteiger partial charge in [0.25, 0.3) is 0 Å². The van der Waals surface area contributed by atoms with Crippen LogP contribution in [-0.2, 0) is 71.3 Å². The molecule has 0 bridgehead atoms. The molecule has 20 heteroatoms. The summed E-state index contributed by atoms with van der Waals surface area (Å²) in [6, 6.07) is 0. The zero-order valence-electron chi connectivity index (χ0n) is 32.6. The van der Waals surface area contributed by atoms with E-state index >= 15 is 0 Å². The average molecular weight is 825 g/mol. The van der Waals surface area contributed by atoms with Gasteiger partial charge in [0.1, 0.15) is 37.6 Å². The standard InChI is InChI=1S/C23H32O11.C11H24O7.C3H4O2/c1-6-20(24)31-15-18(33-22(26)8-3)13-29-12-17(11-28-10-5)30-14-19(34-23(27)9-4)16-32-21(25)7-2;1-2-16-7-11(18-6-10(15)4-13)8-17-5-9(14)3-12;1-2-3(4)5/h6-9,17-19H,1-4,10-16H2,5H3;9-15H,2-8H2,1H3;2H,1H2,(H,4,5). The number of carboxylic acid groups (broad SMARTS) is 1. The van der Waals surface area contributed by atoms with E-state index in [2.05, 4.69) is 32.9 Å². The highest BCUT2D eigenvalue weighted by Gasteiger charge is 2.21. The Morgan fingerprint density at radius 3 is 1.18 bits per heavy atom. The molecule has 0 saturated carbocycles. The average Bonchev–Trinajstić information content (AvgIpc) is 3.22. The van der Waals surface area contributed by atoms with Crippen LogP contribution < -0.4 is 0 Å². The minimum absolute atomic E-state index is 0.00500. The molecule has 20 nitrogen and oxygen atoms in total. The summed E-state index contributed by atoms with van der Waals surface area (Å²) in [6.07, 6.45) is 0.0312. The summed E-state index contributed by atoms with van der Waals surface area (Å²) in [6.45, 7) is 19.8. The number of carbonyl (C=O) groups is 5. The Kier molecular flexibility index (Phi) is 39.9. The number of rotatable bonds is 33. The van der Waals surface area contributed by atoms with Crippen molar-refractivity contribution in [2.24, 2.45) is 0 Å². The molecule has 57 heavy (non-hydrogen) atoms. The van der Waals surface area contributed by atoms with Crippen molar-refractivity contribution in [3.8, 4) is 0 Å². The van der Waals surface area contributed by atoms with Gasteiger partial charge in [-0.15, -0.1) is 0 Å². The van der Waals surface area contributed by atoms with Gasteiger partial charge in [0, 0.05) is 43.6 Å². The summed E-state index contributed by atoms with van der Waals surface area (Å²) in [5, 5.41) is 43.1. The summed E-state index contributed by atoms with van der Waals surface area (Å²) >= 11 is 0. The molecule has 0 aromatic carbocycles. The lowest BCUT2D eigenvalue weighted by molar-refractivity contribution is -0.163. The largest absolute Gasteiger partial charge is 0.478 e. The molecule has 0 aromatic heterocycles. The number of carboxylic acids is 1. The molecule has 0 saturated heterocycles.